The molecule has 0 saturated carbocycles. The monoisotopic (exact) mass is 408 g/mol. The van der Waals surface area contributed by atoms with E-state index in [4.69, 9.17) is 18.9 Å². The molecule has 0 saturated heterocycles. The van der Waals surface area contributed by atoms with E-state index < -0.39 is 11.7 Å². The lowest BCUT2D eigenvalue weighted by Gasteiger charge is -2.36. The first-order valence-corrected chi connectivity index (χ1v) is 9.79. The minimum absolute atomic E-state index is 0.0980. The van der Waals surface area contributed by atoms with Crippen LogP contribution in [-0.4, -0.2) is 45.8 Å². The van der Waals surface area contributed by atoms with Gasteiger partial charge in [-0.05, 0) is 41.0 Å². The third kappa shape index (κ3) is 4.65. The van der Waals surface area contributed by atoms with Crippen molar-refractivity contribution in [1.29, 1.82) is 0 Å². The molecule has 0 spiro atoms. The summed E-state index contributed by atoms with van der Waals surface area (Å²) in [6, 6.07) is 25.5. The Morgan fingerprint density at radius 3 is 1.57 bits per heavy atom. The van der Waals surface area contributed by atoms with Gasteiger partial charge in [0.2, 0.25) is 0 Å². The number of rotatable bonds is 10. The molecule has 3 rings (SSSR count). The van der Waals surface area contributed by atoms with Crippen LogP contribution in [0.15, 0.2) is 78.9 Å². The third-order valence-electron chi connectivity index (χ3n) is 5.02. The van der Waals surface area contributed by atoms with Gasteiger partial charge in [0.25, 0.3) is 0 Å². The molecule has 30 heavy (non-hydrogen) atoms. The normalized spacial score (nSPS) is 12.4. The van der Waals surface area contributed by atoms with Gasteiger partial charge in [0.1, 0.15) is 23.2 Å². The summed E-state index contributed by atoms with van der Waals surface area (Å²) in [5, 5.41) is 10.3. The summed E-state index contributed by atoms with van der Waals surface area (Å²) in [6.07, 6.45) is -0.755. The van der Waals surface area contributed by atoms with Gasteiger partial charge < -0.3 is 24.1 Å². The van der Waals surface area contributed by atoms with Crippen molar-refractivity contribution in [3.63, 3.8) is 0 Å². The zero-order chi connectivity index (χ0) is 21.4. The van der Waals surface area contributed by atoms with Crippen LogP contribution in [0.3, 0.4) is 0 Å². The molecule has 0 aromatic heterocycles. The molecule has 158 valence electrons. The molecule has 1 atom stereocenters. The van der Waals surface area contributed by atoms with E-state index in [0.29, 0.717) is 0 Å². The van der Waals surface area contributed by atoms with Gasteiger partial charge in [-0.25, -0.2) is 0 Å². The summed E-state index contributed by atoms with van der Waals surface area (Å²) in [5.41, 5.74) is 1.85. The van der Waals surface area contributed by atoms with Gasteiger partial charge in [0.15, 0.2) is 0 Å². The molecule has 0 amide bonds. The molecular formula is C25H28O5. The SMILES string of the molecule is COCC(O)COC(c1ccccc1)(c1ccc(OC)cc1)c1ccc(OC)cc1. The van der Waals surface area contributed by atoms with Gasteiger partial charge in [-0.2, -0.15) is 0 Å². The second kappa shape index (κ2) is 10.3. The fraction of sp³-hybridized carbons (Fsp3) is 0.280. The summed E-state index contributed by atoms with van der Waals surface area (Å²) in [7, 11) is 4.83. The third-order valence-corrected chi connectivity index (χ3v) is 5.02. The van der Waals surface area contributed by atoms with E-state index in [1.165, 1.54) is 0 Å². The molecule has 0 aliphatic rings. The highest BCUT2D eigenvalue weighted by molar-refractivity contribution is 5.49. The van der Waals surface area contributed by atoms with Crippen molar-refractivity contribution >= 4 is 0 Å². The van der Waals surface area contributed by atoms with Crippen LogP contribution < -0.4 is 9.47 Å². The lowest BCUT2D eigenvalue weighted by Crippen LogP contribution is -2.36. The number of aliphatic hydroxyl groups is 1. The van der Waals surface area contributed by atoms with Crippen molar-refractivity contribution in [1.82, 2.24) is 0 Å². The van der Waals surface area contributed by atoms with Crippen molar-refractivity contribution in [2.75, 3.05) is 34.5 Å². The minimum Gasteiger partial charge on any atom is -0.497 e. The average molecular weight is 408 g/mol. The molecule has 0 radical (unpaired) electrons. The van der Waals surface area contributed by atoms with Crippen molar-refractivity contribution in [3.05, 3.63) is 95.6 Å². The van der Waals surface area contributed by atoms with Gasteiger partial charge >= 0.3 is 0 Å². The van der Waals surface area contributed by atoms with Gasteiger partial charge in [-0.1, -0.05) is 54.6 Å². The number of hydrogen-bond donors (Lipinski definition) is 1. The highest BCUT2D eigenvalue weighted by Gasteiger charge is 2.38. The Bertz CT molecular complexity index is 844. The topological polar surface area (TPSA) is 57.2 Å². The first-order valence-electron chi connectivity index (χ1n) is 9.79. The Labute approximate surface area is 177 Å². The molecule has 0 bridgehead atoms. The lowest BCUT2D eigenvalue weighted by atomic mass is 9.80. The average Bonchev–Trinajstić information content (AvgIpc) is 2.81. The largest absolute Gasteiger partial charge is 0.497 e. The van der Waals surface area contributed by atoms with Crippen LogP contribution in [0.25, 0.3) is 0 Å². The van der Waals surface area contributed by atoms with E-state index in [1.807, 2.05) is 78.9 Å². The van der Waals surface area contributed by atoms with Crippen LogP contribution in [-0.2, 0) is 15.1 Å². The molecule has 0 aliphatic heterocycles. The van der Waals surface area contributed by atoms with Crippen molar-refractivity contribution in [2.45, 2.75) is 11.7 Å². The molecule has 0 fully saturated rings. The van der Waals surface area contributed by atoms with E-state index in [1.54, 1.807) is 21.3 Å². The Morgan fingerprint density at radius 1 is 0.667 bits per heavy atom. The summed E-state index contributed by atoms with van der Waals surface area (Å²) in [6.45, 7) is 0.289. The zero-order valence-electron chi connectivity index (χ0n) is 17.6. The predicted octanol–water partition coefficient (Wildman–Crippen LogP) is 4.02. The molecule has 0 aliphatic carbocycles. The van der Waals surface area contributed by atoms with E-state index >= 15 is 0 Å². The summed E-state index contributed by atoms with van der Waals surface area (Å²) in [4.78, 5) is 0. The molecule has 5 nitrogen and oxygen atoms in total. The Morgan fingerprint density at radius 2 is 1.13 bits per heavy atom. The summed E-state index contributed by atoms with van der Waals surface area (Å²) in [5.74, 6) is 1.52. The first-order chi connectivity index (χ1) is 14.6. The maximum atomic E-state index is 10.3. The van der Waals surface area contributed by atoms with Crippen molar-refractivity contribution in [3.8, 4) is 11.5 Å². The molecule has 3 aromatic rings. The van der Waals surface area contributed by atoms with Crippen molar-refractivity contribution in [2.24, 2.45) is 0 Å². The van der Waals surface area contributed by atoms with Crippen LogP contribution in [0.4, 0.5) is 0 Å². The predicted molar refractivity (Wildman–Crippen MR) is 116 cm³/mol. The van der Waals surface area contributed by atoms with Crippen LogP contribution >= 0.6 is 0 Å². The zero-order valence-corrected chi connectivity index (χ0v) is 17.6. The van der Waals surface area contributed by atoms with E-state index in [2.05, 4.69) is 0 Å². The maximum Gasteiger partial charge on any atom is 0.143 e. The molecule has 3 aromatic carbocycles. The van der Waals surface area contributed by atoms with Gasteiger partial charge in [0, 0.05) is 7.11 Å². The maximum absolute atomic E-state index is 10.3. The molecular weight excluding hydrogens is 380 g/mol. The summed E-state index contributed by atoms with van der Waals surface area (Å²) < 4.78 is 22.3. The molecule has 1 N–H and O–H groups in total. The van der Waals surface area contributed by atoms with E-state index in [9.17, 15) is 5.11 Å². The Balaban J connectivity index is 2.18. The van der Waals surface area contributed by atoms with E-state index in [0.717, 1.165) is 28.2 Å². The van der Waals surface area contributed by atoms with Crippen molar-refractivity contribution < 1.29 is 24.1 Å². The van der Waals surface area contributed by atoms with Crippen LogP contribution in [0.5, 0.6) is 11.5 Å². The highest BCUT2D eigenvalue weighted by Crippen LogP contribution is 2.41. The first kappa shape index (κ1) is 21.8. The number of methoxy groups -OCH3 is 3. The smallest absolute Gasteiger partial charge is 0.143 e. The number of benzene rings is 3. The van der Waals surface area contributed by atoms with Crippen LogP contribution in [0, 0.1) is 0 Å². The van der Waals surface area contributed by atoms with Crippen LogP contribution in [0.2, 0.25) is 0 Å². The van der Waals surface area contributed by atoms with Crippen LogP contribution in [0.1, 0.15) is 16.7 Å². The van der Waals surface area contributed by atoms with Gasteiger partial charge in [0.05, 0.1) is 27.4 Å². The summed E-state index contributed by atoms with van der Waals surface area (Å²) >= 11 is 0. The molecule has 0 heterocycles. The fourth-order valence-corrected chi connectivity index (χ4v) is 3.54. The standard InChI is InChI=1S/C25H28O5/c1-27-17-22(26)18-30-25(19-7-5-4-6-8-19,20-9-13-23(28-2)14-10-20)21-11-15-24(29-3)16-12-21/h4-16,22,26H,17-18H2,1-3H3. The van der Waals surface area contributed by atoms with Gasteiger partial charge in [-0.15, -0.1) is 0 Å². The molecule has 1 unspecified atom stereocenters. The highest BCUT2D eigenvalue weighted by atomic mass is 16.5. The number of ether oxygens (including phenoxy) is 4. The quantitative estimate of drug-likeness (QED) is 0.514. The second-order valence-electron chi connectivity index (χ2n) is 6.92. The number of hydrogen-bond acceptors (Lipinski definition) is 5. The van der Waals surface area contributed by atoms with Gasteiger partial charge in [-0.3, -0.25) is 0 Å². The minimum atomic E-state index is -0.936. The Hall–Kier alpha value is -2.86. The second-order valence-corrected chi connectivity index (χ2v) is 6.92. The lowest BCUT2D eigenvalue weighted by molar-refractivity contribution is -0.0580. The number of aliphatic hydroxyl groups excluding tert-OH is 1. The Kier molecular flexibility index (Phi) is 7.46. The van der Waals surface area contributed by atoms with E-state index in [-0.39, 0.29) is 13.2 Å². The molecule has 5 heteroatoms. The fourth-order valence-electron chi connectivity index (χ4n) is 3.54.